The molecule has 2 aromatic carbocycles. The summed E-state index contributed by atoms with van der Waals surface area (Å²) in [7, 11) is 0. The zero-order valence-electron chi connectivity index (χ0n) is 14.9. The number of rotatable bonds is 2. The molecule has 0 bridgehead atoms. The molecular weight excluding hydrogens is 405 g/mol. The van der Waals surface area contributed by atoms with Crippen LogP contribution in [0.25, 0.3) is 22.6 Å². The third-order valence-corrected chi connectivity index (χ3v) is 4.39. The van der Waals surface area contributed by atoms with Crippen LogP contribution in [0.2, 0.25) is 10.0 Å². The first-order valence-electron chi connectivity index (χ1n) is 8.12. The van der Waals surface area contributed by atoms with Gasteiger partial charge in [0.1, 0.15) is 5.52 Å². The van der Waals surface area contributed by atoms with Crippen molar-refractivity contribution in [1.29, 1.82) is 0 Å². The van der Waals surface area contributed by atoms with Crippen LogP contribution >= 0.6 is 35.4 Å². The Bertz CT molecular complexity index is 1040. The number of amides is 1. The Kier molecular flexibility index (Phi) is 5.42. The normalized spacial score (nSPS) is 11.4. The number of thiocarbonyl (C=S) groups is 1. The number of hydrogen-bond donors (Lipinski definition) is 2. The summed E-state index contributed by atoms with van der Waals surface area (Å²) in [5, 5.41) is 6.78. The molecule has 0 fully saturated rings. The largest absolute Gasteiger partial charge is 0.435 e. The maximum atomic E-state index is 12.0. The second kappa shape index (κ2) is 7.46. The molecule has 1 amide bonds. The van der Waals surface area contributed by atoms with Crippen molar-refractivity contribution in [3.05, 3.63) is 46.4 Å². The highest BCUT2D eigenvalue weighted by Gasteiger charge is 2.22. The molecular formula is C19H17Cl2N3O2S. The lowest BCUT2D eigenvalue weighted by molar-refractivity contribution is -0.126. The lowest BCUT2D eigenvalue weighted by atomic mass is 9.96. The lowest BCUT2D eigenvalue weighted by Crippen LogP contribution is -2.41. The molecule has 1 heterocycles. The fourth-order valence-electron chi connectivity index (χ4n) is 2.27. The first-order valence-corrected chi connectivity index (χ1v) is 9.28. The van der Waals surface area contributed by atoms with Crippen LogP contribution in [0.4, 0.5) is 5.69 Å². The lowest BCUT2D eigenvalue weighted by Gasteiger charge is -2.18. The van der Waals surface area contributed by atoms with Crippen LogP contribution in [-0.4, -0.2) is 16.0 Å². The summed E-state index contributed by atoms with van der Waals surface area (Å²) in [5.74, 6) is 0.240. The number of fused-ring (bicyclic) bond motifs is 1. The van der Waals surface area contributed by atoms with Gasteiger partial charge >= 0.3 is 0 Å². The van der Waals surface area contributed by atoms with Gasteiger partial charge in [0.25, 0.3) is 0 Å². The highest BCUT2D eigenvalue weighted by Crippen LogP contribution is 2.32. The maximum Gasteiger partial charge on any atom is 0.231 e. The van der Waals surface area contributed by atoms with Gasteiger partial charge in [-0.25, -0.2) is 4.98 Å². The second-order valence-corrected chi connectivity index (χ2v) is 8.25. The summed E-state index contributed by atoms with van der Waals surface area (Å²) in [4.78, 5) is 16.5. The number of aromatic nitrogens is 1. The summed E-state index contributed by atoms with van der Waals surface area (Å²) in [6.07, 6.45) is 0. The van der Waals surface area contributed by atoms with Gasteiger partial charge in [-0.3, -0.25) is 4.79 Å². The Morgan fingerprint density at radius 3 is 2.63 bits per heavy atom. The van der Waals surface area contributed by atoms with E-state index in [1.165, 1.54) is 0 Å². The van der Waals surface area contributed by atoms with Crippen LogP contribution in [0.15, 0.2) is 40.8 Å². The van der Waals surface area contributed by atoms with E-state index in [0.717, 1.165) is 5.56 Å². The van der Waals surface area contributed by atoms with Gasteiger partial charge in [-0.05, 0) is 42.5 Å². The predicted molar refractivity (Wildman–Crippen MR) is 113 cm³/mol. The summed E-state index contributed by atoms with van der Waals surface area (Å²) in [6.45, 7) is 5.45. The van der Waals surface area contributed by atoms with Gasteiger partial charge in [0, 0.05) is 21.7 Å². The Balaban J connectivity index is 1.83. The Labute approximate surface area is 172 Å². The number of hydrogen-bond acceptors (Lipinski definition) is 4. The molecule has 1 aromatic heterocycles. The van der Waals surface area contributed by atoms with Crippen molar-refractivity contribution in [2.24, 2.45) is 5.41 Å². The number of nitrogens with zero attached hydrogens (tertiary/aromatic N) is 1. The molecule has 8 heteroatoms. The SMILES string of the molecule is CC(C)(C)C(=O)NC(=S)Nc1cccc(-c2nc3cc(Cl)cc(Cl)c3o2)c1. The molecule has 27 heavy (non-hydrogen) atoms. The summed E-state index contributed by atoms with van der Waals surface area (Å²) < 4.78 is 5.78. The van der Waals surface area contributed by atoms with Gasteiger partial charge in [-0.1, -0.05) is 50.0 Å². The van der Waals surface area contributed by atoms with Crippen LogP contribution in [0.5, 0.6) is 0 Å². The minimum atomic E-state index is -0.535. The van der Waals surface area contributed by atoms with Crippen LogP contribution in [0.3, 0.4) is 0 Å². The maximum absolute atomic E-state index is 12.0. The highest BCUT2D eigenvalue weighted by atomic mass is 35.5. The van der Waals surface area contributed by atoms with Gasteiger partial charge in [0.2, 0.25) is 11.8 Å². The second-order valence-electron chi connectivity index (χ2n) is 6.99. The number of carbonyl (C=O) groups excluding carboxylic acids is 1. The van der Waals surface area contributed by atoms with Crippen molar-refractivity contribution < 1.29 is 9.21 Å². The molecule has 3 aromatic rings. The number of benzene rings is 2. The topological polar surface area (TPSA) is 67.2 Å². The molecule has 0 spiro atoms. The van der Waals surface area contributed by atoms with E-state index in [-0.39, 0.29) is 11.0 Å². The van der Waals surface area contributed by atoms with Crippen molar-refractivity contribution in [2.45, 2.75) is 20.8 Å². The van der Waals surface area contributed by atoms with Crippen molar-refractivity contribution in [1.82, 2.24) is 10.3 Å². The minimum Gasteiger partial charge on any atom is -0.435 e. The summed E-state index contributed by atoms with van der Waals surface area (Å²) in [5.41, 5.74) is 1.94. The molecule has 0 saturated carbocycles. The van der Waals surface area contributed by atoms with E-state index in [1.54, 1.807) is 12.1 Å². The highest BCUT2D eigenvalue weighted by molar-refractivity contribution is 7.80. The quantitative estimate of drug-likeness (QED) is 0.522. The summed E-state index contributed by atoms with van der Waals surface area (Å²) in [6, 6.07) is 10.6. The molecule has 0 saturated heterocycles. The molecule has 0 aliphatic carbocycles. The number of halogens is 2. The molecule has 0 aliphatic heterocycles. The van der Waals surface area contributed by atoms with Crippen molar-refractivity contribution in [3.63, 3.8) is 0 Å². The summed E-state index contributed by atoms with van der Waals surface area (Å²) >= 11 is 17.4. The van der Waals surface area contributed by atoms with Crippen molar-refractivity contribution in [2.75, 3.05) is 5.32 Å². The van der Waals surface area contributed by atoms with Crippen LogP contribution < -0.4 is 10.6 Å². The molecule has 2 N–H and O–H groups in total. The van der Waals surface area contributed by atoms with E-state index in [1.807, 2.05) is 45.0 Å². The molecule has 0 aliphatic rings. The molecule has 5 nitrogen and oxygen atoms in total. The monoisotopic (exact) mass is 421 g/mol. The standard InChI is InChI=1S/C19H17Cl2N3O2S/c1-19(2,3)17(25)24-18(27)22-12-6-4-5-10(7-12)16-23-14-9-11(20)8-13(21)15(14)26-16/h4-9H,1-3H3,(H2,22,24,25,27). The molecule has 140 valence electrons. The van der Waals surface area contributed by atoms with Crippen LogP contribution in [0, 0.1) is 5.41 Å². The van der Waals surface area contributed by atoms with E-state index in [2.05, 4.69) is 15.6 Å². The van der Waals surface area contributed by atoms with Gasteiger partial charge in [-0.15, -0.1) is 0 Å². The smallest absolute Gasteiger partial charge is 0.231 e. The first-order chi connectivity index (χ1) is 12.6. The Hall–Kier alpha value is -2.15. The van der Waals surface area contributed by atoms with E-state index >= 15 is 0 Å². The molecule has 0 unspecified atom stereocenters. The van der Waals surface area contributed by atoms with E-state index in [9.17, 15) is 4.79 Å². The van der Waals surface area contributed by atoms with Gasteiger partial charge in [0.05, 0.1) is 5.02 Å². The molecule has 3 rings (SSSR count). The Morgan fingerprint density at radius 2 is 1.93 bits per heavy atom. The Morgan fingerprint density at radius 1 is 1.19 bits per heavy atom. The van der Waals surface area contributed by atoms with Gasteiger partial charge in [-0.2, -0.15) is 0 Å². The number of carbonyl (C=O) groups is 1. The third-order valence-electron chi connectivity index (χ3n) is 3.69. The fraction of sp³-hybridized carbons (Fsp3) is 0.211. The zero-order valence-corrected chi connectivity index (χ0v) is 17.2. The third kappa shape index (κ3) is 4.58. The van der Waals surface area contributed by atoms with Crippen molar-refractivity contribution in [3.8, 4) is 11.5 Å². The number of nitrogens with one attached hydrogen (secondary N) is 2. The predicted octanol–water partition coefficient (Wildman–Crippen LogP) is 5.66. The average Bonchev–Trinajstić information content (AvgIpc) is 2.98. The van der Waals surface area contributed by atoms with Crippen LogP contribution in [-0.2, 0) is 4.79 Å². The van der Waals surface area contributed by atoms with E-state index < -0.39 is 5.41 Å². The number of oxazole rings is 1. The minimum absolute atomic E-state index is 0.165. The molecule has 0 atom stereocenters. The van der Waals surface area contributed by atoms with E-state index in [4.69, 9.17) is 39.8 Å². The molecule has 0 radical (unpaired) electrons. The van der Waals surface area contributed by atoms with Crippen molar-refractivity contribution >= 4 is 63.2 Å². The zero-order chi connectivity index (χ0) is 19.8. The van der Waals surface area contributed by atoms with Crippen LogP contribution in [0.1, 0.15) is 20.8 Å². The fourth-order valence-corrected chi connectivity index (χ4v) is 3.00. The van der Waals surface area contributed by atoms with Gasteiger partial charge in [0.15, 0.2) is 10.7 Å². The average molecular weight is 422 g/mol. The van der Waals surface area contributed by atoms with E-state index in [0.29, 0.717) is 32.7 Å². The number of anilines is 1. The first kappa shape index (κ1) is 19.6. The van der Waals surface area contributed by atoms with Gasteiger partial charge < -0.3 is 15.1 Å².